The van der Waals surface area contributed by atoms with E-state index in [9.17, 15) is 56.7 Å². The summed E-state index contributed by atoms with van der Waals surface area (Å²) in [5, 5.41) is 111. The lowest BCUT2D eigenvalue weighted by molar-refractivity contribution is -0.383. The molecule has 0 saturated carbocycles. The molecule has 0 heterocycles. The summed E-state index contributed by atoms with van der Waals surface area (Å²) >= 11 is 0. The molecule has 0 fully saturated rings. The van der Waals surface area contributed by atoms with Gasteiger partial charge in [0, 0.05) is 23.6 Å². The Morgan fingerprint density at radius 1 is 0.947 bits per heavy atom. The van der Waals surface area contributed by atoms with Crippen LogP contribution in [0.5, 0.6) is 0 Å². The second kappa shape index (κ2) is 13.4. The minimum absolute atomic E-state index is 0.199. The third-order valence-corrected chi connectivity index (χ3v) is 4.80. The summed E-state index contributed by atoms with van der Waals surface area (Å²) < 4.78 is 0. The normalized spacial score (nSPS) is 13.7. The van der Waals surface area contributed by atoms with Gasteiger partial charge in [0.2, 0.25) is 0 Å². The summed E-state index contributed by atoms with van der Waals surface area (Å²) in [4.78, 5) is 10.4. The minimum atomic E-state index is -1.99. The summed E-state index contributed by atoms with van der Waals surface area (Å²) in [6.45, 7) is -0.948. The van der Waals surface area contributed by atoms with Crippen LogP contribution in [0.25, 0.3) is 0 Å². The number of aliphatic hydroxyl groups is 4. The number of nitrogens with one attached hydrogen (secondary N) is 4. The number of hydrogen-bond donors (Lipinski definition) is 10. The van der Waals surface area contributed by atoms with Crippen molar-refractivity contribution in [2.75, 3.05) is 33.1 Å². The van der Waals surface area contributed by atoms with Crippen LogP contribution in [0.2, 0.25) is 0 Å². The van der Waals surface area contributed by atoms with Crippen LogP contribution in [0, 0.1) is 30.9 Å². The standard InChI is InChI=1S/C18H22N8O12/c27-8-16(28)18(30)17(29)13(22-21-12-4-2-10(24(33)34)6-15(12)26(37)38)7-19-20-11-3-1-9(23(31)32)5-14(11)25(35)36/h1-7,16-22,27-30,37-38H,8H2/q-4/t16-,17+,18-/m1/s1. The van der Waals surface area contributed by atoms with Crippen molar-refractivity contribution in [3.05, 3.63) is 79.2 Å². The van der Waals surface area contributed by atoms with Gasteiger partial charge in [-0.1, -0.05) is 0 Å². The summed E-state index contributed by atoms with van der Waals surface area (Å²) in [6, 6.07) is 5.51. The molecule has 10 N–H and O–H groups in total. The lowest BCUT2D eigenvalue weighted by Gasteiger charge is -2.38. The first-order chi connectivity index (χ1) is 17.9. The van der Waals surface area contributed by atoms with Gasteiger partial charge in [0.25, 0.3) is 5.69 Å². The van der Waals surface area contributed by atoms with Crippen molar-refractivity contribution >= 4 is 34.1 Å². The fraction of sp³-hybridized carbons (Fsp3) is 0.222. The SMILES string of the molecule is O=[N+]([O-])c1cc(N([O-])[O-])ccc1NNC=C(NNc1ccc(N([O-])[O-])cc1N(O)O)[C@H](O)[C@H](O)[C@H](O)CO. The first-order valence-corrected chi connectivity index (χ1v) is 10.1. The van der Waals surface area contributed by atoms with Crippen molar-refractivity contribution in [1.29, 1.82) is 0 Å². The van der Waals surface area contributed by atoms with Crippen molar-refractivity contribution in [3.8, 4) is 0 Å². The highest BCUT2D eigenvalue weighted by Gasteiger charge is 2.28. The quantitative estimate of drug-likeness (QED) is 0.103. The molecule has 2 aromatic rings. The number of benzene rings is 2. The molecule has 0 spiro atoms. The van der Waals surface area contributed by atoms with E-state index in [1.807, 2.05) is 0 Å². The molecule has 0 unspecified atom stereocenters. The number of rotatable bonds is 14. The van der Waals surface area contributed by atoms with E-state index < -0.39 is 74.0 Å². The molecule has 0 aliphatic carbocycles. The molecule has 2 rings (SSSR count). The topological polar surface area (TPSA) is 315 Å². The molecule has 20 nitrogen and oxygen atoms in total. The van der Waals surface area contributed by atoms with Gasteiger partial charge in [0.05, 0.1) is 22.9 Å². The molecule has 0 amide bonds. The molecule has 0 aliphatic heterocycles. The Bertz CT molecular complexity index is 1120. The number of aliphatic hydroxyl groups excluding tert-OH is 4. The van der Waals surface area contributed by atoms with Crippen LogP contribution in [0.3, 0.4) is 0 Å². The van der Waals surface area contributed by atoms with Crippen LogP contribution in [0.15, 0.2) is 48.3 Å². The van der Waals surface area contributed by atoms with E-state index >= 15 is 0 Å². The molecule has 2 aromatic carbocycles. The van der Waals surface area contributed by atoms with E-state index in [1.54, 1.807) is 0 Å². The second-order valence-electron chi connectivity index (χ2n) is 7.27. The summed E-state index contributed by atoms with van der Waals surface area (Å²) in [5.41, 5.74) is 6.27. The average Bonchev–Trinajstić information content (AvgIpc) is 2.88. The van der Waals surface area contributed by atoms with Gasteiger partial charge in [0.1, 0.15) is 29.7 Å². The molecule has 0 bridgehead atoms. The van der Waals surface area contributed by atoms with E-state index in [4.69, 9.17) is 5.11 Å². The number of nitrogens with zero attached hydrogens (tertiary/aromatic N) is 4. The van der Waals surface area contributed by atoms with Crippen LogP contribution in [0.1, 0.15) is 0 Å². The monoisotopic (exact) mass is 542 g/mol. The van der Waals surface area contributed by atoms with Crippen molar-refractivity contribution in [2.24, 2.45) is 0 Å². The maximum atomic E-state index is 11.3. The van der Waals surface area contributed by atoms with E-state index in [-0.39, 0.29) is 11.4 Å². The van der Waals surface area contributed by atoms with Crippen molar-refractivity contribution < 1.29 is 35.8 Å². The molecular formula is C18H22N8O12-4. The molecule has 210 valence electrons. The molecular weight excluding hydrogens is 520 g/mol. The highest BCUT2D eigenvalue weighted by Crippen LogP contribution is 2.30. The van der Waals surface area contributed by atoms with Crippen LogP contribution in [-0.4, -0.2) is 60.7 Å². The molecule has 3 atom stereocenters. The number of hydrazine groups is 2. The third kappa shape index (κ3) is 7.64. The van der Waals surface area contributed by atoms with E-state index in [0.717, 1.165) is 36.5 Å². The molecule has 38 heavy (non-hydrogen) atoms. The predicted octanol–water partition coefficient (Wildman–Crippen LogP) is -0.767. The molecule has 20 heteroatoms. The van der Waals surface area contributed by atoms with Crippen molar-refractivity contribution in [1.82, 2.24) is 10.9 Å². The second-order valence-corrected chi connectivity index (χ2v) is 7.27. The first-order valence-electron chi connectivity index (χ1n) is 10.1. The Labute approximate surface area is 212 Å². The number of nitro benzene ring substituents is 1. The maximum absolute atomic E-state index is 11.3. The zero-order chi connectivity index (χ0) is 28.6. The maximum Gasteiger partial charge on any atom is 0.296 e. The molecule has 0 saturated heterocycles. The van der Waals surface area contributed by atoms with Crippen LogP contribution in [-0.2, 0) is 0 Å². The molecule has 0 radical (unpaired) electrons. The van der Waals surface area contributed by atoms with Gasteiger partial charge in [0.15, 0.2) is 0 Å². The van der Waals surface area contributed by atoms with Crippen molar-refractivity contribution in [2.45, 2.75) is 18.3 Å². The highest BCUT2D eigenvalue weighted by atomic mass is 16.8. The molecule has 0 aliphatic rings. The smallest absolute Gasteiger partial charge is 0.296 e. The lowest BCUT2D eigenvalue weighted by atomic mass is 10.1. The fourth-order valence-electron chi connectivity index (χ4n) is 2.82. The van der Waals surface area contributed by atoms with Gasteiger partial charge < -0.3 is 62.6 Å². The summed E-state index contributed by atoms with van der Waals surface area (Å²) in [7, 11) is 0. The Kier molecular flexibility index (Phi) is 10.5. The summed E-state index contributed by atoms with van der Waals surface area (Å²) in [6.07, 6.45) is -4.90. The minimum Gasteiger partial charge on any atom is -0.769 e. The number of nitro groups is 1. The number of anilines is 5. The zero-order valence-electron chi connectivity index (χ0n) is 18.9. The fourth-order valence-corrected chi connectivity index (χ4v) is 2.82. The van der Waals surface area contributed by atoms with E-state index in [1.165, 1.54) is 0 Å². The number of hydrogen-bond acceptors (Lipinski definition) is 19. The van der Waals surface area contributed by atoms with Crippen LogP contribution in [0.4, 0.5) is 34.1 Å². The Morgan fingerprint density at radius 3 is 2.05 bits per heavy atom. The predicted molar refractivity (Wildman–Crippen MR) is 131 cm³/mol. The third-order valence-electron chi connectivity index (χ3n) is 4.80. The van der Waals surface area contributed by atoms with E-state index in [0.29, 0.717) is 6.07 Å². The summed E-state index contributed by atoms with van der Waals surface area (Å²) in [5.74, 6) is 0. The van der Waals surface area contributed by atoms with E-state index in [2.05, 4.69) is 21.7 Å². The van der Waals surface area contributed by atoms with Crippen LogP contribution < -0.4 is 37.4 Å². The molecule has 0 aromatic heterocycles. The highest BCUT2D eigenvalue weighted by molar-refractivity contribution is 5.74. The van der Waals surface area contributed by atoms with Gasteiger partial charge in [-0.25, -0.2) is 0 Å². The van der Waals surface area contributed by atoms with Gasteiger partial charge >= 0.3 is 0 Å². The van der Waals surface area contributed by atoms with Gasteiger partial charge in [-0.05, 0) is 30.3 Å². The zero-order valence-corrected chi connectivity index (χ0v) is 18.9. The lowest BCUT2D eigenvalue weighted by Crippen LogP contribution is -2.45. The largest absolute Gasteiger partial charge is 0.769 e. The Hall–Kier alpha value is -4.22. The Balaban J connectivity index is 2.32. The van der Waals surface area contributed by atoms with Gasteiger partial charge in [-0.15, -0.1) is 5.23 Å². The van der Waals surface area contributed by atoms with Gasteiger partial charge in [-0.3, -0.25) is 31.4 Å². The Morgan fingerprint density at radius 2 is 1.53 bits per heavy atom. The van der Waals surface area contributed by atoms with Gasteiger partial charge in [-0.2, -0.15) is 0 Å². The average molecular weight is 542 g/mol. The van der Waals surface area contributed by atoms with Crippen LogP contribution >= 0.6 is 0 Å². The van der Waals surface area contributed by atoms with Crippen molar-refractivity contribution in [3.63, 3.8) is 0 Å². The first kappa shape index (κ1) is 30.0.